The molecule has 0 aliphatic carbocycles. The summed E-state index contributed by atoms with van der Waals surface area (Å²) in [5.41, 5.74) is 1.16. The number of anilines is 1. The molecule has 1 N–H and O–H groups in total. The highest BCUT2D eigenvalue weighted by Crippen LogP contribution is 2.31. The molecular formula is C20H18F2N6O. The summed E-state index contributed by atoms with van der Waals surface area (Å²) < 4.78 is 27.2. The van der Waals surface area contributed by atoms with Gasteiger partial charge in [-0.25, -0.2) is 18.6 Å². The van der Waals surface area contributed by atoms with Crippen molar-refractivity contribution in [1.82, 2.24) is 14.9 Å². The van der Waals surface area contributed by atoms with Crippen LogP contribution in [-0.2, 0) is 0 Å². The van der Waals surface area contributed by atoms with Crippen LogP contribution in [0, 0.1) is 18.2 Å². The molecule has 29 heavy (non-hydrogen) atoms. The summed E-state index contributed by atoms with van der Waals surface area (Å²) in [5.74, 6) is -1.06. The Hall–Kier alpha value is -3.54. The van der Waals surface area contributed by atoms with Gasteiger partial charge in [0.1, 0.15) is 17.8 Å². The van der Waals surface area contributed by atoms with Crippen molar-refractivity contribution < 1.29 is 13.6 Å². The molecule has 9 heteroatoms. The molecule has 2 amide bonds. The summed E-state index contributed by atoms with van der Waals surface area (Å²) >= 11 is 0. The van der Waals surface area contributed by atoms with Crippen molar-refractivity contribution in [2.45, 2.75) is 24.9 Å². The van der Waals surface area contributed by atoms with E-state index in [1.54, 1.807) is 29.4 Å². The van der Waals surface area contributed by atoms with Gasteiger partial charge in [-0.05, 0) is 30.2 Å². The lowest BCUT2D eigenvalue weighted by atomic mass is 10.0. The average Bonchev–Trinajstić information content (AvgIpc) is 3.36. The van der Waals surface area contributed by atoms with Crippen LogP contribution in [0.25, 0.3) is 4.85 Å². The van der Waals surface area contributed by atoms with Crippen LogP contribution in [0.5, 0.6) is 0 Å². The van der Waals surface area contributed by atoms with Gasteiger partial charge in [-0.1, -0.05) is 6.57 Å². The first kappa shape index (κ1) is 18.8. The lowest BCUT2D eigenvalue weighted by Crippen LogP contribution is -2.40. The zero-order valence-corrected chi connectivity index (χ0v) is 15.4. The first-order chi connectivity index (χ1) is 14.0. The number of carbonyl (C=O) groups is 1. The number of pyridine rings is 1. The molecule has 2 aliphatic heterocycles. The Morgan fingerprint density at radius 1 is 1.24 bits per heavy atom. The minimum atomic E-state index is -0.680. The standard InChI is InChI=1S/C20H18F2N6O/c1-23-19-11-16(2-5-24-19)26-17-4-7-27(12-17)20(29)28-18(3-6-25-28)13-8-14(21)10-15(22)9-13/h2,5-6,8-11,17-18H,3-4,7,12H2,(H,24,26)/t17-,18+/m1/s1. The fourth-order valence-corrected chi connectivity index (χ4v) is 3.64. The third-order valence-corrected chi connectivity index (χ3v) is 4.99. The van der Waals surface area contributed by atoms with Gasteiger partial charge in [0.05, 0.1) is 6.04 Å². The normalized spacial score (nSPS) is 20.7. The van der Waals surface area contributed by atoms with Crippen molar-refractivity contribution in [2.24, 2.45) is 5.10 Å². The zero-order valence-electron chi connectivity index (χ0n) is 15.4. The summed E-state index contributed by atoms with van der Waals surface area (Å²) in [5, 5.41) is 8.75. The van der Waals surface area contributed by atoms with E-state index in [9.17, 15) is 13.6 Å². The van der Waals surface area contributed by atoms with E-state index in [2.05, 4.69) is 20.2 Å². The molecule has 7 nitrogen and oxygen atoms in total. The van der Waals surface area contributed by atoms with E-state index in [0.29, 0.717) is 30.9 Å². The molecule has 0 radical (unpaired) electrons. The highest BCUT2D eigenvalue weighted by atomic mass is 19.1. The molecule has 0 unspecified atom stereocenters. The maximum Gasteiger partial charge on any atom is 0.341 e. The van der Waals surface area contributed by atoms with E-state index in [1.165, 1.54) is 17.1 Å². The summed E-state index contributed by atoms with van der Waals surface area (Å²) in [7, 11) is 0. The number of hydrogen-bond donors (Lipinski definition) is 1. The molecule has 2 aliphatic rings. The molecule has 2 atom stereocenters. The number of rotatable bonds is 3. The van der Waals surface area contributed by atoms with Gasteiger partial charge in [-0.2, -0.15) is 5.10 Å². The van der Waals surface area contributed by atoms with Gasteiger partial charge >= 0.3 is 6.03 Å². The van der Waals surface area contributed by atoms with Gasteiger partial charge in [0.25, 0.3) is 5.82 Å². The predicted molar refractivity (Wildman–Crippen MR) is 104 cm³/mol. The number of aromatic nitrogens is 1. The fraction of sp³-hybridized carbons (Fsp3) is 0.300. The highest BCUT2D eigenvalue weighted by molar-refractivity contribution is 5.79. The van der Waals surface area contributed by atoms with Gasteiger partial charge in [-0.3, -0.25) is 0 Å². The Bertz CT molecular complexity index is 984. The molecule has 0 spiro atoms. The summed E-state index contributed by atoms with van der Waals surface area (Å²) in [6.07, 6.45) is 4.29. The number of nitrogens with zero attached hydrogens (tertiary/aromatic N) is 5. The Balaban J connectivity index is 1.43. The fourth-order valence-electron chi connectivity index (χ4n) is 3.64. The maximum absolute atomic E-state index is 13.6. The Kier molecular flexibility index (Phi) is 5.08. The minimum absolute atomic E-state index is 0.0246. The molecule has 1 saturated heterocycles. The maximum atomic E-state index is 13.6. The van der Waals surface area contributed by atoms with Crippen LogP contribution in [0.2, 0.25) is 0 Å². The van der Waals surface area contributed by atoms with E-state index < -0.39 is 17.7 Å². The smallest absolute Gasteiger partial charge is 0.341 e. The summed E-state index contributed by atoms with van der Waals surface area (Å²) in [4.78, 5) is 21.9. The van der Waals surface area contributed by atoms with Crippen LogP contribution in [0.1, 0.15) is 24.4 Å². The van der Waals surface area contributed by atoms with Crippen LogP contribution in [0.4, 0.5) is 25.1 Å². The van der Waals surface area contributed by atoms with Gasteiger partial charge < -0.3 is 15.1 Å². The van der Waals surface area contributed by atoms with Crippen LogP contribution in [-0.4, -0.2) is 46.3 Å². The highest BCUT2D eigenvalue weighted by Gasteiger charge is 2.35. The largest absolute Gasteiger partial charge is 0.381 e. The van der Waals surface area contributed by atoms with Gasteiger partial charge in [0.2, 0.25) is 0 Å². The second-order valence-corrected chi connectivity index (χ2v) is 6.97. The number of hydrazone groups is 1. The van der Waals surface area contributed by atoms with Crippen molar-refractivity contribution in [2.75, 3.05) is 18.4 Å². The Morgan fingerprint density at radius 3 is 2.79 bits per heavy atom. The molecule has 1 aromatic carbocycles. The molecule has 3 heterocycles. The number of urea groups is 1. The van der Waals surface area contributed by atoms with Crippen LogP contribution in [0.3, 0.4) is 0 Å². The number of likely N-dealkylation sites (tertiary alicyclic amines) is 1. The van der Waals surface area contributed by atoms with Crippen LogP contribution < -0.4 is 5.32 Å². The first-order valence-electron chi connectivity index (χ1n) is 9.20. The Labute approximate surface area is 166 Å². The molecule has 4 rings (SSSR count). The molecule has 1 aromatic heterocycles. The van der Waals surface area contributed by atoms with Crippen LogP contribution in [0.15, 0.2) is 41.6 Å². The second-order valence-electron chi connectivity index (χ2n) is 6.97. The third kappa shape index (κ3) is 4.01. The molecule has 1 fully saturated rings. The number of nitrogens with one attached hydrogen (secondary N) is 1. The van der Waals surface area contributed by atoms with Crippen molar-refractivity contribution in [3.63, 3.8) is 0 Å². The lowest BCUT2D eigenvalue weighted by molar-refractivity contribution is 0.151. The van der Waals surface area contributed by atoms with Crippen molar-refractivity contribution in [3.05, 3.63) is 65.1 Å². The van der Waals surface area contributed by atoms with E-state index in [4.69, 9.17) is 6.57 Å². The minimum Gasteiger partial charge on any atom is -0.381 e. The lowest BCUT2D eigenvalue weighted by Gasteiger charge is -2.27. The van der Waals surface area contributed by atoms with Gasteiger partial charge in [0, 0.05) is 49.6 Å². The molecule has 0 saturated carbocycles. The second kappa shape index (κ2) is 7.83. The number of benzene rings is 1. The zero-order chi connectivity index (χ0) is 20.4. The average molecular weight is 396 g/mol. The number of carbonyl (C=O) groups excluding carboxylic acids is 1. The summed E-state index contributed by atoms with van der Waals surface area (Å²) in [6.45, 7) is 8.04. The molecule has 2 aromatic rings. The van der Waals surface area contributed by atoms with E-state index in [1.807, 2.05) is 0 Å². The molecular weight excluding hydrogens is 378 g/mol. The van der Waals surface area contributed by atoms with Crippen LogP contribution >= 0.6 is 0 Å². The van der Waals surface area contributed by atoms with Gasteiger partial charge in [0.15, 0.2) is 0 Å². The topological polar surface area (TPSA) is 65.2 Å². The van der Waals surface area contributed by atoms with Crippen molar-refractivity contribution >= 4 is 23.8 Å². The molecule has 148 valence electrons. The quantitative estimate of drug-likeness (QED) is 0.799. The SMILES string of the molecule is [C-]#[N+]c1cc(N[C@@H]2CCN(C(=O)N3N=CC[C@H]3c3cc(F)cc(F)c3)C2)ccn1. The predicted octanol–water partition coefficient (Wildman–Crippen LogP) is 3.95. The van der Waals surface area contributed by atoms with Gasteiger partial charge in [-0.15, -0.1) is 4.98 Å². The first-order valence-corrected chi connectivity index (χ1v) is 9.20. The Morgan fingerprint density at radius 2 is 2.03 bits per heavy atom. The van der Waals surface area contributed by atoms with Crippen molar-refractivity contribution in [3.8, 4) is 0 Å². The molecule has 0 bridgehead atoms. The summed E-state index contributed by atoms with van der Waals surface area (Å²) in [6, 6.07) is 5.91. The van der Waals surface area contributed by atoms with E-state index in [0.717, 1.165) is 18.2 Å². The number of hydrogen-bond acceptors (Lipinski definition) is 4. The van der Waals surface area contributed by atoms with E-state index in [-0.39, 0.29) is 12.1 Å². The number of halogens is 2. The van der Waals surface area contributed by atoms with Crippen molar-refractivity contribution in [1.29, 1.82) is 0 Å². The third-order valence-electron chi connectivity index (χ3n) is 4.99. The van der Waals surface area contributed by atoms with E-state index >= 15 is 0 Å². The monoisotopic (exact) mass is 396 g/mol. The number of amides is 2.